The molecule has 0 atom stereocenters. The molecule has 0 unspecified atom stereocenters. The van der Waals surface area contributed by atoms with Gasteiger partial charge < -0.3 is 9.15 Å². The van der Waals surface area contributed by atoms with E-state index < -0.39 is 4.92 Å². The van der Waals surface area contributed by atoms with Gasteiger partial charge in [-0.1, -0.05) is 18.2 Å². The Morgan fingerprint density at radius 2 is 2.05 bits per heavy atom. The van der Waals surface area contributed by atoms with Gasteiger partial charge in [0, 0.05) is 6.07 Å². The highest BCUT2D eigenvalue weighted by molar-refractivity contribution is 5.72. The average Bonchev–Trinajstić information content (AvgIpc) is 2.88. The highest BCUT2D eigenvalue weighted by atomic mass is 16.6. The molecule has 0 amide bonds. The molecule has 0 saturated carbocycles. The fourth-order valence-corrected chi connectivity index (χ4v) is 2.08. The van der Waals surface area contributed by atoms with Gasteiger partial charge in [0.1, 0.15) is 11.3 Å². The molecule has 0 N–H and O–H groups in total. The lowest BCUT2D eigenvalue weighted by Crippen LogP contribution is -1.99. The Balaban J connectivity index is 1.81. The number of rotatable bonds is 4. The van der Waals surface area contributed by atoms with Crippen LogP contribution in [-0.4, -0.2) is 9.91 Å². The first-order chi connectivity index (χ1) is 10.1. The molecule has 0 saturated heterocycles. The van der Waals surface area contributed by atoms with E-state index in [2.05, 4.69) is 4.98 Å². The van der Waals surface area contributed by atoms with Crippen LogP contribution in [0.4, 0.5) is 5.69 Å². The summed E-state index contributed by atoms with van der Waals surface area (Å²) in [5.74, 6) is 0.883. The zero-order chi connectivity index (χ0) is 14.8. The van der Waals surface area contributed by atoms with Crippen molar-refractivity contribution >= 4 is 16.8 Å². The van der Waals surface area contributed by atoms with Crippen LogP contribution in [0.3, 0.4) is 0 Å². The second kappa shape index (κ2) is 5.24. The van der Waals surface area contributed by atoms with E-state index in [1.807, 2.05) is 24.3 Å². The van der Waals surface area contributed by atoms with Gasteiger partial charge in [0.15, 0.2) is 12.2 Å². The van der Waals surface area contributed by atoms with Crippen LogP contribution in [-0.2, 0) is 6.61 Å². The molecule has 0 aliphatic rings. The smallest absolute Gasteiger partial charge is 0.276 e. The van der Waals surface area contributed by atoms with Crippen LogP contribution in [0.2, 0.25) is 0 Å². The fraction of sp³-hybridized carbons (Fsp3) is 0.133. The maximum atomic E-state index is 10.9. The van der Waals surface area contributed by atoms with Crippen molar-refractivity contribution < 1.29 is 14.1 Å². The molecule has 0 spiro atoms. The summed E-state index contributed by atoms with van der Waals surface area (Å²) in [5.41, 5.74) is 1.96. The molecule has 0 bridgehead atoms. The van der Waals surface area contributed by atoms with E-state index in [4.69, 9.17) is 9.15 Å². The summed E-state index contributed by atoms with van der Waals surface area (Å²) < 4.78 is 11.1. The first kappa shape index (κ1) is 13.1. The average molecular weight is 284 g/mol. The highest BCUT2D eigenvalue weighted by Crippen LogP contribution is 2.27. The monoisotopic (exact) mass is 284 g/mol. The highest BCUT2D eigenvalue weighted by Gasteiger charge is 2.15. The van der Waals surface area contributed by atoms with E-state index in [0.29, 0.717) is 22.8 Å². The van der Waals surface area contributed by atoms with Crippen LogP contribution >= 0.6 is 0 Å². The predicted molar refractivity (Wildman–Crippen MR) is 76.2 cm³/mol. The molecule has 0 aliphatic heterocycles. The summed E-state index contributed by atoms with van der Waals surface area (Å²) in [6.45, 7) is 1.77. The molecule has 0 aliphatic carbocycles. The minimum Gasteiger partial charge on any atom is -0.483 e. The third kappa shape index (κ3) is 2.55. The Morgan fingerprint density at radius 3 is 2.81 bits per heavy atom. The van der Waals surface area contributed by atoms with Crippen LogP contribution in [0.25, 0.3) is 11.1 Å². The molecular formula is C15H12N2O4. The fourth-order valence-electron chi connectivity index (χ4n) is 2.08. The Labute approximate surface area is 120 Å². The number of aromatic nitrogens is 1. The van der Waals surface area contributed by atoms with Gasteiger partial charge in [-0.2, -0.15) is 0 Å². The van der Waals surface area contributed by atoms with E-state index in [9.17, 15) is 10.1 Å². The third-order valence-electron chi connectivity index (χ3n) is 3.14. The molecule has 21 heavy (non-hydrogen) atoms. The molecule has 2 aromatic carbocycles. The van der Waals surface area contributed by atoms with Gasteiger partial charge in [-0.05, 0) is 25.1 Å². The van der Waals surface area contributed by atoms with Crippen molar-refractivity contribution in [2.45, 2.75) is 13.5 Å². The molecular weight excluding hydrogens is 272 g/mol. The second-order valence-corrected chi connectivity index (χ2v) is 4.52. The molecule has 106 valence electrons. The number of ether oxygens (including phenoxy) is 1. The van der Waals surface area contributed by atoms with Crippen molar-refractivity contribution in [3.63, 3.8) is 0 Å². The topological polar surface area (TPSA) is 78.4 Å². The van der Waals surface area contributed by atoms with Crippen LogP contribution in [0.5, 0.6) is 5.75 Å². The standard InChI is InChI=1S/C15H12N2O4/c1-10-12(17(18)19)6-4-8-13(10)20-9-15-16-11-5-2-3-7-14(11)21-15/h2-8H,9H2,1H3. The third-order valence-corrected chi connectivity index (χ3v) is 3.14. The van der Waals surface area contributed by atoms with Gasteiger partial charge >= 0.3 is 0 Å². The number of nitro groups is 1. The molecule has 0 radical (unpaired) electrons. The zero-order valence-corrected chi connectivity index (χ0v) is 11.3. The van der Waals surface area contributed by atoms with E-state index in [1.165, 1.54) is 6.07 Å². The van der Waals surface area contributed by atoms with E-state index in [-0.39, 0.29) is 12.3 Å². The molecule has 6 heteroatoms. The SMILES string of the molecule is Cc1c(OCc2nc3ccccc3o2)cccc1[N+](=O)[O-]. The van der Waals surface area contributed by atoms with Gasteiger partial charge in [0.05, 0.1) is 10.5 Å². The van der Waals surface area contributed by atoms with E-state index >= 15 is 0 Å². The summed E-state index contributed by atoms with van der Waals surface area (Å²) in [6, 6.07) is 12.1. The maximum absolute atomic E-state index is 10.9. The Morgan fingerprint density at radius 1 is 1.24 bits per heavy atom. The minimum absolute atomic E-state index is 0.0325. The first-order valence-corrected chi connectivity index (χ1v) is 6.36. The normalized spacial score (nSPS) is 10.7. The molecule has 3 aromatic rings. The van der Waals surface area contributed by atoms with Gasteiger partial charge in [-0.15, -0.1) is 0 Å². The number of nitrogens with zero attached hydrogens (tertiary/aromatic N) is 2. The Hall–Kier alpha value is -2.89. The van der Waals surface area contributed by atoms with Crippen LogP contribution in [0.1, 0.15) is 11.5 Å². The van der Waals surface area contributed by atoms with Crippen molar-refractivity contribution in [1.82, 2.24) is 4.98 Å². The summed E-state index contributed by atoms with van der Waals surface area (Å²) in [5, 5.41) is 10.9. The van der Waals surface area contributed by atoms with Crippen molar-refractivity contribution in [1.29, 1.82) is 0 Å². The van der Waals surface area contributed by atoms with Crippen molar-refractivity contribution in [2.75, 3.05) is 0 Å². The number of hydrogen-bond acceptors (Lipinski definition) is 5. The lowest BCUT2D eigenvalue weighted by molar-refractivity contribution is -0.385. The van der Waals surface area contributed by atoms with Crippen LogP contribution in [0.15, 0.2) is 46.9 Å². The Bertz CT molecular complexity index is 777. The summed E-state index contributed by atoms with van der Waals surface area (Å²) in [6.07, 6.45) is 0. The summed E-state index contributed by atoms with van der Waals surface area (Å²) >= 11 is 0. The second-order valence-electron chi connectivity index (χ2n) is 4.52. The van der Waals surface area contributed by atoms with E-state index in [1.54, 1.807) is 19.1 Å². The molecule has 0 fully saturated rings. The largest absolute Gasteiger partial charge is 0.483 e. The lowest BCUT2D eigenvalue weighted by atomic mass is 10.2. The minimum atomic E-state index is -0.429. The van der Waals surface area contributed by atoms with Gasteiger partial charge in [0.25, 0.3) is 5.69 Å². The number of hydrogen-bond donors (Lipinski definition) is 0. The van der Waals surface area contributed by atoms with Gasteiger partial charge in [0.2, 0.25) is 5.89 Å². The van der Waals surface area contributed by atoms with Crippen LogP contribution < -0.4 is 4.74 Å². The molecule has 1 aromatic heterocycles. The van der Waals surface area contributed by atoms with E-state index in [0.717, 1.165) is 5.52 Å². The summed E-state index contributed by atoms with van der Waals surface area (Å²) in [7, 11) is 0. The van der Waals surface area contributed by atoms with Crippen LogP contribution in [0, 0.1) is 17.0 Å². The summed E-state index contributed by atoms with van der Waals surface area (Å²) in [4.78, 5) is 14.7. The molecule has 6 nitrogen and oxygen atoms in total. The lowest BCUT2D eigenvalue weighted by Gasteiger charge is -2.06. The van der Waals surface area contributed by atoms with Gasteiger partial charge in [-0.3, -0.25) is 10.1 Å². The number of oxazole rings is 1. The number of para-hydroxylation sites is 2. The Kier molecular flexibility index (Phi) is 3.27. The number of nitro benzene ring substituents is 1. The first-order valence-electron chi connectivity index (χ1n) is 6.36. The maximum Gasteiger partial charge on any atom is 0.276 e. The van der Waals surface area contributed by atoms with Crippen molar-refractivity contribution in [2.24, 2.45) is 0 Å². The molecule has 1 heterocycles. The quantitative estimate of drug-likeness (QED) is 0.540. The van der Waals surface area contributed by atoms with Crippen molar-refractivity contribution in [3.05, 3.63) is 64.0 Å². The molecule has 3 rings (SSSR count). The predicted octanol–water partition coefficient (Wildman–Crippen LogP) is 3.62. The number of benzene rings is 2. The zero-order valence-electron chi connectivity index (χ0n) is 11.3. The number of fused-ring (bicyclic) bond motifs is 1. The van der Waals surface area contributed by atoms with Crippen molar-refractivity contribution in [3.8, 4) is 5.75 Å². The van der Waals surface area contributed by atoms with Gasteiger partial charge in [-0.25, -0.2) is 4.98 Å².